The predicted octanol–water partition coefficient (Wildman–Crippen LogP) is 2.18. The van der Waals surface area contributed by atoms with Crippen LogP contribution in [0.3, 0.4) is 0 Å². The summed E-state index contributed by atoms with van der Waals surface area (Å²) in [6.45, 7) is 7.12. The number of nitrogens with one attached hydrogen (secondary N) is 3. The van der Waals surface area contributed by atoms with Crippen molar-refractivity contribution in [3.8, 4) is 0 Å². The van der Waals surface area contributed by atoms with Crippen molar-refractivity contribution in [3.63, 3.8) is 0 Å². The predicted molar refractivity (Wildman–Crippen MR) is 91.4 cm³/mol. The lowest BCUT2D eigenvalue weighted by molar-refractivity contribution is -0.121. The summed E-state index contributed by atoms with van der Waals surface area (Å²) in [6.07, 6.45) is -0.255. The molecule has 0 unspecified atom stereocenters. The van der Waals surface area contributed by atoms with Crippen molar-refractivity contribution in [1.29, 1.82) is 0 Å². The maximum Gasteiger partial charge on any atom is 0.408 e. The van der Waals surface area contributed by atoms with E-state index in [1.54, 1.807) is 39.8 Å². The zero-order valence-electron chi connectivity index (χ0n) is 14.6. The van der Waals surface area contributed by atoms with Crippen molar-refractivity contribution in [2.75, 3.05) is 11.9 Å². The molecule has 0 aromatic heterocycles. The smallest absolute Gasteiger partial charge is 0.408 e. The zero-order valence-corrected chi connectivity index (χ0v) is 14.6. The van der Waals surface area contributed by atoms with Crippen LogP contribution in [-0.4, -0.2) is 30.1 Å². The van der Waals surface area contributed by atoms with Crippen LogP contribution in [0.1, 0.15) is 39.7 Å². The minimum Gasteiger partial charge on any atom is -0.444 e. The third-order valence-electron chi connectivity index (χ3n) is 2.88. The first kappa shape index (κ1) is 19.5. The highest BCUT2D eigenvalue weighted by molar-refractivity contribution is 5.94. The molecule has 24 heavy (non-hydrogen) atoms. The van der Waals surface area contributed by atoms with Crippen LogP contribution >= 0.6 is 0 Å². The van der Waals surface area contributed by atoms with E-state index in [9.17, 15) is 14.4 Å². The number of hydrogen-bond acceptors (Lipinski definition) is 4. The lowest BCUT2D eigenvalue weighted by Crippen LogP contribution is -2.37. The van der Waals surface area contributed by atoms with Crippen molar-refractivity contribution in [3.05, 3.63) is 29.8 Å². The number of ether oxygens (including phenoxy) is 1. The van der Waals surface area contributed by atoms with Gasteiger partial charge in [-0.15, -0.1) is 0 Å². The van der Waals surface area contributed by atoms with Crippen molar-refractivity contribution in [1.82, 2.24) is 10.6 Å². The summed E-state index contributed by atoms with van der Waals surface area (Å²) < 4.78 is 5.06. The minimum atomic E-state index is -0.652. The molecule has 1 aromatic rings. The number of para-hydroxylation sites is 1. The molecule has 0 spiro atoms. The number of benzene rings is 1. The second-order valence-corrected chi connectivity index (χ2v) is 6.19. The summed E-state index contributed by atoms with van der Waals surface area (Å²) in [5.41, 5.74) is 0.750. The van der Waals surface area contributed by atoms with E-state index in [0.29, 0.717) is 18.7 Å². The molecule has 0 saturated heterocycles. The molecule has 0 aliphatic rings. The van der Waals surface area contributed by atoms with Gasteiger partial charge in [-0.2, -0.15) is 0 Å². The first-order valence-electron chi connectivity index (χ1n) is 7.82. The number of rotatable bonds is 6. The van der Waals surface area contributed by atoms with Crippen molar-refractivity contribution >= 4 is 23.6 Å². The zero-order chi connectivity index (χ0) is 18.2. The summed E-state index contributed by atoms with van der Waals surface area (Å²) in [7, 11) is 0. The van der Waals surface area contributed by atoms with Gasteiger partial charge < -0.3 is 20.7 Å². The normalized spacial score (nSPS) is 10.7. The summed E-state index contributed by atoms with van der Waals surface area (Å²) in [5.74, 6) is -0.446. The molecule has 0 radical (unpaired) electrons. The van der Waals surface area contributed by atoms with E-state index in [0.717, 1.165) is 5.56 Å². The Morgan fingerprint density at radius 1 is 1.04 bits per heavy atom. The van der Waals surface area contributed by atoms with E-state index in [2.05, 4.69) is 16.0 Å². The molecular formula is C17H25N3O4. The number of amides is 3. The fourth-order valence-electron chi connectivity index (χ4n) is 1.78. The number of carbonyl (C=O) groups excluding carboxylic acids is 3. The van der Waals surface area contributed by atoms with E-state index >= 15 is 0 Å². The van der Waals surface area contributed by atoms with Gasteiger partial charge in [0.15, 0.2) is 0 Å². The van der Waals surface area contributed by atoms with Crippen LogP contribution < -0.4 is 16.0 Å². The highest BCUT2D eigenvalue weighted by Gasteiger charge is 2.16. The van der Waals surface area contributed by atoms with Crippen LogP contribution in [0.5, 0.6) is 0 Å². The van der Waals surface area contributed by atoms with Crippen LogP contribution in [0.15, 0.2) is 24.3 Å². The van der Waals surface area contributed by atoms with E-state index in [1.165, 1.54) is 0 Å². The monoisotopic (exact) mass is 335 g/mol. The van der Waals surface area contributed by atoms with Gasteiger partial charge in [-0.05, 0) is 32.4 Å². The fraction of sp³-hybridized carbons (Fsp3) is 0.471. The maximum absolute atomic E-state index is 12.0. The average Bonchev–Trinajstić information content (AvgIpc) is 2.50. The number of alkyl carbamates (subject to hydrolysis) is 1. The molecule has 3 amide bonds. The summed E-state index contributed by atoms with van der Waals surface area (Å²) in [5, 5.41) is 7.86. The molecule has 0 bridgehead atoms. The molecule has 1 rings (SSSR count). The Morgan fingerprint density at radius 3 is 2.33 bits per heavy atom. The molecule has 3 N–H and O–H groups in total. The van der Waals surface area contributed by atoms with Crippen molar-refractivity contribution in [2.24, 2.45) is 0 Å². The molecule has 0 atom stereocenters. The van der Waals surface area contributed by atoms with Gasteiger partial charge in [0.05, 0.1) is 0 Å². The molecule has 0 aliphatic heterocycles. The third-order valence-corrected chi connectivity index (χ3v) is 2.88. The first-order valence-corrected chi connectivity index (χ1v) is 7.82. The molecule has 0 aliphatic carbocycles. The van der Waals surface area contributed by atoms with Gasteiger partial charge in [-0.25, -0.2) is 4.79 Å². The van der Waals surface area contributed by atoms with Crippen LogP contribution in [0.25, 0.3) is 0 Å². The molecule has 132 valence electrons. The van der Waals surface area contributed by atoms with Crippen LogP contribution in [0.4, 0.5) is 10.5 Å². The minimum absolute atomic E-state index is 0.0669. The molecule has 0 saturated carbocycles. The summed E-state index contributed by atoms with van der Waals surface area (Å²) >= 11 is 0. The molecule has 1 aromatic carbocycles. The van der Waals surface area contributed by atoms with E-state index in [1.807, 2.05) is 12.1 Å². The van der Waals surface area contributed by atoms with Gasteiger partial charge in [0, 0.05) is 18.7 Å². The Balaban J connectivity index is 2.55. The highest BCUT2D eigenvalue weighted by atomic mass is 16.6. The SMILES string of the molecule is CCC(=O)NCc1ccccc1NC(=O)CNC(=O)OC(C)(C)C. The second-order valence-electron chi connectivity index (χ2n) is 6.19. The summed E-state index contributed by atoms with van der Waals surface area (Å²) in [4.78, 5) is 34.8. The Morgan fingerprint density at radius 2 is 1.71 bits per heavy atom. The first-order chi connectivity index (χ1) is 11.2. The van der Waals surface area contributed by atoms with Crippen LogP contribution in [-0.2, 0) is 20.9 Å². The average molecular weight is 335 g/mol. The molecular weight excluding hydrogens is 310 g/mol. The standard InChI is InChI=1S/C17H25N3O4/c1-5-14(21)18-10-12-8-6-7-9-13(12)20-15(22)11-19-16(23)24-17(2,3)4/h6-9H,5,10-11H2,1-4H3,(H,18,21)(H,19,23)(H,20,22). The molecule has 0 heterocycles. The number of anilines is 1. The topological polar surface area (TPSA) is 96.5 Å². The van der Waals surface area contributed by atoms with Gasteiger partial charge in [-0.1, -0.05) is 25.1 Å². The van der Waals surface area contributed by atoms with Gasteiger partial charge in [0.2, 0.25) is 11.8 Å². The fourth-order valence-corrected chi connectivity index (χ4v) is 1.78. The van der Waals surface area contributed by atoms with Crippen LogP contribution in [0, 0.1) is 0 Å². The quantitative estimate of drug-likeness (QED) is 0.742. The van der Waals surface area contributed by atoms with E-state index < -0.39 is 11.7 Å². The van der Waals surface area contributed by atoms with Gasteiger partial charge >= 0.3 is 6.09 Å². The Bertz CT molecular complexity index is 594. The number of hydrogen-bond donors (Lipinski definition) is 3. The van der Waals surface area contributed by atoms with Gasteiger partial charge in [0.25, 0.3) is 0 Å². The number of carbonyl (C=O) groups is 3. The van der Waals surface area contributed by atoms with Crippen molar-refractivity contribution in [2.45, 2.75) is 46.3 Å². The third kappa shape index (κ3) is 7.62. The van der Waals surface area contributed by atoms with Crippen LogP contribution in [0.2, 0.25) is 0 Å². The Hall–Kier alpha value is -2.57. The lowest BCUT2D eigenvalue weighted by atomic mass is 10.1. The lowest BCUT2D eigenvalue weighted by Gasteiger charge is -2.19. The van der Waals surface area contributed by atoms with Gasteiger partial charge in [-0.3, -0.25) is 9.59 Å². The largest absolute Gasteiger partial charge is 0.444 e. The highest BCUT2D eigenvalue weighted by Crippen LogP contribution is 2.14. The molecule has 7 nitrogen and oxygen atoms in total. The van der Waals surface area contributed by atoms with E-state index in [4.69, 9.17) is 4.74 Å². The maximum atomic E-state index is 12.0. The molecule has 0 fully saturated rings. The van der Waals surface area contributed by atoms with Gasteiger partial charge in [0.1, 0.15) is 12.1 Å². The molecule has 7 heteroatoms. The van der Waals surface area contributed by atoms with Crippen molar-refractivity contribution < 1.29 is 19.1 Å². The summed E-state index contributed by atoms with van der Waals surface area (Å²) in [6, 6.07) is 7.15. The van der Waals surface area contributed by atoms with E-state index in [-0.39, 0.29) is 18.4 Å². The second kappa shape index (κ2) is 8.90. The Kier molecular flexibility index (Phi) is 7.23. The Labute approximate surface area is 142 Å².